The zero-order valence-corrected chi connectivity index (χ0v) is 57.2. The standard InChI is InChI=1S/C62H111O17PSi3/c1-16-81(17-2,18-3)69-33-30-49-52(78-82(19-4,20-5)21-6)37-54-58(74-49)44(13)59(75-57(65)40-80(66,67-14)68-15)53(73-54)36-51-43(12)41(10)34-45(71-51)27-28-48-42(11)35-46(70-48)29-31-62-39-47(64)60(77-62)55-38-56(76-62)61(50(72-55)26-25-32-63)79-83(22-7,23-8)24-9/h32,41,44-56,58-61,64H,11-12,16-31,33-40H2,1-10,13-15H3/t41?,44-,45?,46?,47+,48?,49?,50-,51?,52?,53-,54?,55+,56?,58?,59?,60?,61?,62+/m0/s1. The summed E-state index contributed by atoms with van der Waals surface area (Å²) in [6, 6.07) is 9.18. The fraction of sp³-hybridized carbons (Fsp3) is 0.903. The fourth-order valence-electron chi connectivity index (χ4n) is 15.1. The van der Waals surface area contributed by atoms with Gasteiger partial charge in [0.25, 0.3) is 0 Å². The minimum atomic E-state index is -3.74. The fourth-order valence-corrected chi connectivity index (χ4v) is 24.3. The molecule has 0 radical (unpaired) electrons. The van der Waals surface area contributed by atoms with Gasteiger partial charge in [0, 0.05) is 65.3 Å². The van der Waals surface area contributed by atoms with Crippen molar-refractivity contribution >= 4 is 44.8 Å². The van der Waals surface area contributed by atoms with Gasteiger partial charge in [0.1, 0.15) is 24.7 Å². The highest BCUT2D eigenvalue weighted by molar-refractivity contribution is 7.54. The maximum Gasteiger partial charge on any atom is 0.341 e. The molecule has 7 aliphatic heterocycles. The predicted molar refractivity (Wildman–Crippen MR) is 328 cm³/mol. The predicted octanol–water partition coefficient (Wildman–Crippen LogP) is 12.5. The van der Waals surface area contributed by atoms with Crippen LogP contribution in [0.4, 0.5) is 0 Å². The Kier molecular flexibility index (Phi) is 25.7. The Bertz CT molecular complexity index is 2110. The topological polar surface area (TPSA) is 191 Å². The Morgan fingerprint density at radius 2 is 1.29 bits per heavy atom. The Morgan fingerprint density at radius 1 is 0.675 bits per heavy atom. The molecule has 478 valence electrons. The Morgan fingerprint density at radius 3 is 1.92 bits per heavy atom. The number of esters is 1. The lowest BCUT2D eigenvalue weighted by atomic mass is 9.79. The number of hydrogen-bond donors (Lipinski definition) is 1. The smallest absolute Gasteiger partial charge is 0.341 e. The quantitative estimate of drug-likeness (QED) is 0.0214. The first kappa shape index (κ1) is 69.5. The molecule has 19 atom stereocenters. The zero-order chi connectivity index (χ0) is 60.5. The molecular formula is C62H111O17PSi3. The SMILES string of the molecule is C=C1CC(CC[C@]23C[C@@H](O)C(O2)[C@H]2CC(O3)C(O[Si](CC)(CC)CC)[C@H](CCC=O)O2)OC1CCC1CC(C)C(=C)C(C[C@@H]2OC3CC(O[Si](CC)(CC)CC)C(CCO[Si](CC)(CC)CC)OC3[C@H](C)C2OC(=O)CP(=O)(OC)OC)O1. The van der Waals surface area contributed by atoms with Crippen LogP contribution in [-0.4, -0.2) is 173 Å². The molecule has 7 saturated heterocycles. The van der Waals surface area contributed by atoms with Gasteiger partial charge in [0.15, 0.2) is 30.7 Å². The number of fused-ring (bicyclic) bond motifs is 6. The molecule has 7 fully saturated rings. The normalized spacial score (nSPS) is 36.9. The maximum atomic E-state index is 13.9. The van der Waals surface area contributed by atoms with Crippen molar-refractivity contribution in [1.29, 1.82) is 0 Å². The van der Waals surface area contributed by atoms with Crippen molar-refractivity contribution in [2.24, 2.45) is 11.8 Å². The van der Waals surface area contributed by atoms with Crippen LogP contribution >= 0.6 is 7.60 Å². The third-order valence-electron chi connectivity index (χ3n) is 21.3. The number of ether oxygens (including phenoxy) is 8. The monoisotopic (exact) mass is 1240 g/mol. The van der Waals surface area contributed by atoms with Gasteiger partial charge in [-0.2, -0.15) is 0 Å². The minimum Gasteiger partial charge on any atom is -0.459 e. The van der Waals surface area contributed by atoms with E-state index in [9.17, 15) is 19.3 Å². The molecule has 7 rings (SSSR count). The first-order valence-electron chi connectivity index (χ1n) is 32.6. The molecular weight excluding hydrogens is 1130 g/mol. The second kappa shape index (κ2) is 30.7. The van der Waals surface area contributed by atoms with Crippen molar-refractivity contribution in [2.45, 2.75) is 317 Å². The average molecular weight is 1240 g/mol. The highest BCUT2D eigenvalue weighted by Crippen LogP contribution is 2.50. The molecule has 0 aliphatic carbocycles. The number of aliphatic hydroxyl groups excluding tert-OH is 1. The molecule has 4 bridgehead atoms. The summed E-state index contributed by atoms with van der Waals surface area (Å²) in [5.74, 6) is -1.87. The van der Waals surface area contributed by atoms with Crippen LogP contribution in [-0.2, 0) is 74.4 Å². The Hall–Kier alpha value is -1.02. The van der Waals surface area contributed by atoms with Gasteiger partial charge in [-0.1, -0.05) is 89.3 Å². The third-order valence-corrected chi connectivity index (χ3v) is 37.1. The second-order valence-electron chi connectivity index (χ2n) is 25.7. The number of carbonyl (C=O) groups excluding carboxylic acids is 2. The summed E-state index contributed by atoms with van der Waals surface area (Å²) in [7, 11) is -7.25. The molecule has 83 heavy (non-hydrogen) atoms. The molecule has 0 aromatic carbocycles. The Balaban J connectivity index is 1.02. The number of hydrogen-bond acceptors (Lipinski definition) is 17. The van der Waals surface area contributed by atoms with E-state index >= 15 is 0 Å². The van der Waals surface area contributed by atoms with Crippen molar-refractivity contribution in [1.82, 2.24) is 0 Å². The molecule has 17 nitrogen and oxygen atoms in total. The van der Waals surface area contributed by atoms with Crippen molar-refractivity contribution in [2.75, 3.05) is 27.0 Å². The van der Waals surface area contributed by atoms with Crippen LogP contribution in [0, 0.1) is 11.8 Å². The van der Waals surface area contributed by atoms with Gasteiger partial charge in [0.2, 0.25) is 0 Å². The summed E-state index contributed by atoms with van der Waals surface area (Å²) < 4.78 is 100. The molecule has 7 aliphatic rings. The average Bonchev–Trinajstić information content (AvgIpc) is 2.80. The van der Waals surface area contributed by atoms with Crippen LogP contribution in [0.2, 0.25) is 54.4 Å². The number of carbonyl (C=O) groups is 2. The lowest BCUT2D eigenvalue weighted by molar-refractivity contribution is -0.271. The van der Waals surface area contributed by atoms with E-state index in [0.29, 0.717) is 70.8 Å². The van der Waals surface area contributed by atoms with Crippen molar-refractivity contribution in [3.8, 4) is 0 Å². The molecule has 0 saturated carbocycles. The third kappa shape index (κ3) is 16.3. The number of rotatable bonds is 33. The molecule has 7 heterocycles. The molecule has 13 unspecified atom stereocenters. The minimum absolute atomic E-state index is 0.0995. The van der Waals surface area contributed by atoms with E-state index in [1.54, 1.807) is 0 Å². The van der Waals surface area contributed by atoms with E-state index in [1.165, 1.54) is 14.2 Å². The first-order chi connectivity index (χ1) is 39.6. The number of aliphatic hydroxyl groups is 1. The Labute approximate surface area is 502 Å². The van der Waals surface area contributed by atoms with Gasteiger partial charge in [-0.25, -0.2) is 0 Å². The van der Waals surface area contributed by atoms with E-state index in [0.717, 1.165) is 91.1 Å². The summed E-state index contributed by atoms with van der Waals surface area (Å²) in [5, 5.41) is 11.5. The molecule has 0 amide bonds. The summed E-state index contributed by atoms with van der Waals surface area (Å²) in [4.78, 5) is 25.5. The van der Waals surface area contributed by atoms with Gasteiger partial charge in [-0.15, -0.1) is 0 Å². The summed E-state index contributed by atoms with van der Waals surface area (Å²) in [5.41, 5.74) is 2.02. The summed E-state index contributed by atoms with van der Waals surface area (Å²) >= 11 is 0. The van der Waals surface area contributed by atoms with Crippen molar-refractivity contribution in [3.05, 3.63) is 24.3 Å². The highest BCUT2D eigenvalue weighted by Gasteiger charge is 2.60. The largest absolute Gasteiger partial charge is 0.459 e. The first-order valence-corrected chi connectivity index (χ1v) is 42.0. The van der Waals surface area contributed by atoms with Crippen LogP contribution < -0.4 is 0 Å². The van der Waals surface area contributed by atoms with Crippen LogP contribution in [0.1, 0.15) is 160 Å². The number of aldehydes is 1. The molecule has 21 heteroatoms. The van der Waals surface area contributed by atoms with Crippen molar-refractivity contribution < 1.29 is 79.5 Å². The summed E-state index contributed by atoms with van der Waals surface area (Å²) in [6.45, 7) is 34.2. The lowest BCUT2D eigenvalue weighted by Crippen LogP contribution is -2.62. The molecule has 0 aromatic heterocycles. The van der Waals surface area contributed by atoms with E-state index in [2.05, 4.69) is 89.3 Å². The van der Waals surface area contributed by atoms with Crippen LogP contribution in [0.25, 0.3) is 0 Å². The lowest BCUT2D eigenvalue weighted by Gasteiger charge is -2.52. The van der Waals surface area contributed by atoms with Crippen molar-refractivity contribution in [3.63, 3.8) is 0 Å². The van der Waals surface area contributed by atoms with Crippen LogP contribution in [0.3, 0.4) is 0 Å². The van der Waals surface area contributed by atoms with Gasteiger partial charge in [-0.05, 0) is 116 Å². The molecule has 0 spiro atoms. The second-order valence-corrected chi connectivity index (χ2v) is 42.2. The van der Waals surface area contributed by atoms with Crippen LogP contribution in [0.15, 0.2) is 24.3 Å². The van der Waals surface area contributed by atoms with E-state index in [1.807, 2.05) is 0 Å². The zero-order valence-electron chi connectivity index (χ0n) is 53.3. The van der Waals surface area contributed by atoms with Gasteiger partial charge in [-0.3, -0.25) is 9.36 Å². The molecule has 0 aromatic rings. The van der Waals surface area contributed by atoms with Gasteiger partial charge in [0.05, 0.1) is 85.5 Å². The summed E-state index contributed by atoms with van der Waals surface area (Å²) in [6.07, 6.45) is 2.29. The van der Waals surface area contributed by atoms with Gasteiger partial charge < -0.3 is 70.1 Å². The molecule has 1 N–H and O–H groups in total. The van der Waals surface area contributed by atoms with E-state index < -0.39 is 87.1 Å². The van der Waals surface area contributed by atoms with E-state index in [4.69, 9.17) is 60.2 Å². The van der Waals surface area contributed by atoms with Crippen LogP contribution in [0.5, 0.6) is 0 Å². The van der Waals surface area contributed by atoms with Gasteiger partial charge >= 0.3 is 13.6 Å². The maximum absolute atomic E-state index is 13.9. The highest BCUT2D eigenvalue weighted by atomic mass is 31.2. The van der Waals surface area contributed by atoms with E-state index in [-0.39, 0.29) is 72.9 Å².